The van der Waals surface area contributed by atoms with E-state index in [-0.39, 0.29) is 5.56 Å². The zero-order valence-electron chi connectivity index (χ0n) is 15.1. The summed E-state index contributed by atoms with van der Waals surface area (Å²) >= 11 is 5.30. The molecule has 6 nitrogen and oxygen atoms in total. The average molecular weight is 409 g/mol. The summed E-state index contributed by atoms with van der Waals surface area (Å²) in [6.45, 7) is 0.510. The number of hydrogen-bond donors (Lipinski definition) is 3. The normalized spacial score (nSPS) is 11.2. The first-order valence-corrected chi connectivity index (χ1v) is 9.17. The third-order valence-corrected chi connectivity index (χ3v) is 4.39. The highest BCUT2D eigenvalue weighted by molar-refractivity contribution is 7.80. The van der Waals surface area contributed by atoms with E-state index in [1.807, 2.05) is 12.1 Å². The van der Waals surface area contributed by atoms with Crippen molar-refractivity contribution in [3.05, 3.63) is 83.7 Å². The summed E-state index contributed by atoms with van der Waals surface area (Å²) in [5.74, 6) is 0.246. The summed E-state index contributed by atoms with van der Waals surface area (Å²) < 4.78 is 13.7. The number of halogens is 1. The molecular weight excluding hydrogens is 393 g/mol. The maximum Gasteiger partial charge on any atom is 0.258 e. The number of nitrogens with one attached hydrogen (secondary N) is 3. The summed E-state index contributed by atoms with van der Waals surface area (Å²) in [7, 11) is 0. The number of benzene rings is 3. The molecule has 4 rings (SSSR count). The molecule has 146 valence electrons. The highest BCUT2D eigenvalue weighted by Gasteiger charge is 2.13. The minimum atomic E-state index is -0.564. The lowest BCUT2D eigenvalue weighted by molar-refractivity contribution is -0.0846. The number of carbonyl (C=O) groups is 1. The number of anilines is 2. The van der Waals surface area contributed by atoms with Gasteiger partial charge in [0, 0.05) is 24.0 Å². The minimum absolute atomic E-state index is 0.00735. The summed E-state index contributed by atoms with van der Waals surface area (Å²) in [5.41, 5.74) is 2.26. The van der Waals surface area contributed by atoms with E-state index in [2.05, 4.69) is 16.0 Å². The van der Waals surface area contributed by atoms with Crippen molar-refractivity contribution in [2.45, 2.75) is 6.54 Å². The lowest BCUT2D eigenvalue weighted by Gasteiger charge is -2.11. The predicted octanol–water partition coefficient (Wildman–Crippen LogP) is 4.25. The quantitative estimate of drug-likeness (QED) is 0.432. The second-order valence-electron chi connectivity index (χ2n) is 6.30. The first-order chi connectivity index (χ1) is 14.1. The van der Waals surface area contributed by atoms with E-state index in [4.69, 9.17) is 22.0 Å². The van der Waals surface area contributed by atoms with Gasteiger partial charge in [-0.3, -0.25) is 14.6 Å². The SMILES string of the molecule is O=C(Nc1ccc(NC(=S)NCc2cc3cc(c2)OO3)cc1)c1ccccc1F. The van der Waals surface area contributed by atoms with Gasteiger partial charge in [0.1, 0.15) is 5.82 Å². The van der Waals surface area contributed by atoms with Gasteiger partial charge in [-0.2, -0.15) is 0 Å². The van der Waals surface area contributed by atoms with Gasteiger partial charge in [-0.25, -0.2) is 4.39 Å². The van der Waals surface area contributed by atoms with Crippen LogP contribution in [0.4, 0.5) is 15.8 Å². The summed E-state index contributed by atoms with van der Waals surface area (Å²) in [4.78, 5) is 22.1. The molecule has 3 N–H and O–H groups in total. The third kappa shape index (κ3) is 4.61. The molecule has 1 heterocycles. The topological polar surface area (TPSA) is 71.6 Å². The Labute approximate surface area is 171 Å². The Morgan fingerprint density at radius 1 is 0.897 bits per heavy atom. The van der Waals surface area contributed by atoms with E-state index in [1.165, 1.54) is 18.2 Å². The van der Waals surface area contributed by atoms with E-state index < -0.39 is 11.7 Å². The van der Waals surface area contributed by atoms with Crippen LogP contribution in [0.25, 0.3) is 0 Å². The Bertz CT molecular complexity index is 1050. The first-order valence-electron chi connectivity index (χ1n) is 8.76. The van der Waals surface area contributed by atoms with E-state index in [0.717, 1.165) is 11.3 Å². The Kier molecular flexibility index (Phi) is 5.26. The number of rotatable bonds is 5. The fourth-order valence-corrected chi connectivity index (χ4v) is 2.95. The molecule has 0 saturated heterocycles. The Balaban J connectivity index is 1.30. The van der Waals surface area contributed by atoms with Crippen molar-refractivity contribution in [1.29, 1.82) is 0 Å². The first kappa shape index (κ1) is 18.7. The van der Waals surface area contributed by atoms with Gasteiger partial charge in [-0.15, -0.1) is 0 Å². The molecule has 1 amide bonds. The van der Waals surface area contributed by atoms with Crippen molar-refractivity contribution in [1.82, 2.24) is 5.32 Å². The second kappa shape index (κ2) is 8.15. The fourth-order valence-electron chi connectivity index (χ4n) is 2.76. The maximum atomic E-state index is 13.7. The van der Waals surface area contributed by atoms with Gasteiger partial charge in [0.05, 0.1) is 5.56 Å². The van der Waals surface area contributed by atoms with Gasteiger partial charge >= 0.3 is 0 Å². The van der Waals surface area contributed by atoms with Gasteiger partial charge in [0.25, 0.3) is 5.91 Å². The van der Waals surface area contributed by atoms with Crippen molar-refractivity contribution >= 4 is 34.6 Å². The van der Waals surface area contributed by atoms with Gasteiger partial charge in [-0.1, -0.05) is 12.1 Å². The molecule has 3 aromatic carbocycles. The molecule has 0 fully saturated rings. The maximum absolute atomic E-state index is 13.7. The van der Waals surface area contributed by atoms with Crippen molar-refractivity contribution in [3.63, 3.8) is 0 Å². The number of carbonyl (C=O) groups excluding carboxylic acids is 1. The smallest absolute Gasteiger partial charge is 0.258 e. The number of amides is 1. The van der Waals surface area contributed by atoms with Gasteiger partial charge < -0.3 is 16.0 Å². The molecule has 8 heteroatoms. The van der Waals surface area contributed by atoms with Crippen LogP contribution < -0.4 is 25.7 Å². The number of fused-ring (bicyclic) bond motifs is 2. The van der Waals surface area contributed by atoms with Gasteiger partial charge in [0.15, 0.2) is 16.6 Å². The average Bonchev–Trinajstić information content (AvgIpc) is 3.06. The standard InChI is InChI=1S/C21H16FN3O3S/c22-19-4-2-1-3-18(19)20(26)24-14-5-7-15(8-6-14)25-21(29)23-12-13-9-16-11-17(10-13)28-27-16/h1-11H,12H2,(H,24,26)(H2,23,25,29). The lowest BCUT2D eigenvalue weighted by Crippen LogP contribution is -2.27. The second-order valence-corrected chi connectivity index (χ2v) is 6.71. The molecule has 0 aromatic heterocycles. The van der Waals surface area contributed by atoms with E-state index in [9.17, 15) is 9.18 Å². The molecular formula is C21H16FN3O3S. The molecule has 1 aliphatic rings. The molecule has 1 aliphatic heterocycles. The minimum Gasteiger partial charge on any atom is -0.358 e. The summed E-state index contributed by atoms with van der Waals surface area (Å²) in [6.07, 6.45) is 0. The third-order valence-electron chi connectivity index (χ3n) is 4.15. The number of hydrogen-bond acceptors (Lipinski definition) is 4. The lowest BCUT2D eigenvalue weighted by atomic mass is 10.2. The van der Waals surface area contributed by atoms with Crippen LogP contribution in [0.15, 0.2) is 66.7 Å². The van der Waals surface area contributed by atoms with Crippen LogP contribution in [0, 0.1) is 5.82 Å². The Morgan fingerprint density at radius 3 is 2.17 bits per heavy atom. The summed E-state index contributed by atoms with van der Waals surface area (Å²) in [5, 5.41) is 9.27. The van der Waals surface area contributed by atoms with Crippen LogP contribution in [-0.2, 0) is 6.54 Å². The van der Waals surface area contributed by atoms with E-state index in [0.29, 0.717) is 28.8 Å². The molecule has 0 atom stereocenters. The van der Waals surface area contributed by atoms with E-state index in [1.54, 1.807) is 36.4 Å². The van der Waals surface area contributed by atoms with Crippen LogP contribution in [0.5, 0.6) is 11.5 Å². The monoisotopic (exact) mass is 409 g/mol. The van der Waals surface area contributed by atoms with Crippen molar-refractivity contribution in [2.24, 2.45) is 0 Å². The van der Waals surface area contributed by atoms with Crippen molar-refractivity contribution < 1.29 is 19.0 Å². The van der Waals surface area contributed by atoms with Crippen LogP contribution >= 0.6 is 12.2 Å². The van der Waals surface area contributed by atoms with Crippen LogP contribution in [0.2, 0.25) is 0 Å². The molecule has 2 bridgehead atoms. The van der Waals surface area contributed by atoms with Crippen LogP contribution in [0.1, 0.15) is 15.9 Å². The predicted molar refractivity (Wildman–Crippen MR) is 112 cm³/mol. The Hall–Kier alpha value is -3.65. The van der Waals surface area contributed by atoms with Crippen LogP contribution in [-0.4, -0.2) is 11.0 Å². The zero-order valence-corrected chi connectivity index (χ0v) is 15.9. The van der Waals surface area contributed by atoms with Crippen molar-refractivity contribution in [2.75, 3.05) is 10.6 Å². The summed E-state index contributed by atoms with van der Waals surface area (Å²) in [6, 6.07) is 18.3. The molecule has 3 aromatic rings. The number of thiocarbonyl (C=S) groups is 1. The zero-order chi connectivity index (χ0) is 20.2. The molecule has 0 spiro atoms. The molecule has 0 radical (unpaired) electrons. The molecule has 0 unspecified atom stereocenters. The largest absolute Gasteiger partial charge is 0.358 e. The highest BCUT2D eigenvalue weighted by atomic mass is 32.1. The molecule has 0 saturated carbocycles. The van der Waals surface area contributed by atoms with Gasteiger partial charge in [0.2, 0.25) is 0 Å². The van der Waals surface area contributed by atoms with Crippen molar-refractivity contribution in [3.8, 4) is 11.5 Å². The molecule has 0 aliphatic carbocycles. The fraction of sp³-hybridized carbons (Fsp3) is 0.0476. The Morgan fingerprint density at radius 2 is 1.52 bits per heavy atom. The van der Waals surface area contributed by atoms with Gasteiger partial charge in [-0.05, 0) is 66.3 Å². The highest BCUT2D eigenvalue weighted by Crippen LogP contribution is 2.28. The van der Waals surface area contributed by atoms with Crippen LogP contribution in [0.3, 0.4) is 0 Å². The van der Waals surface area contributed by atoms with E-state index >= 15 is 0 Å². The molecule has 29 heavy (non-hydrogen) atoms.